The molecule has 0 aromatic heterocycles. The smallest absolute Gasteiger partial charge is 0.241 e. The van der Waals surface area contributed by atoms with Crippen molar-refractivity contribution in [3.63, 3.8) is 0 Å². The Morgan fingerprint density at radius 3 is 2.57 bits per heavy atom. The minimum Gasteiger partial charge on any atom is -0.376 e. The quantitative estimate of drug-likeness (QED) is 0.913. The van der Waals surface area contributed by atoms with Crippen LogP contribution in [0.3, 0.4) is 0 Å². The van der Waals surface area contributed by atoms with Crippen LogP contribution >= 0.6 is 11.6 Å². The molecule has 2 rings (SSSR count). The van der Waals surface area contributed by atoms with E-state index in [9.17, 15) is 4.79 Å². The van der Waals surface area contributed by atoms with Crippen molar-refractivity contribution < 1.29 is 4.79 Å². The fourth-order valence-electron chi connectivity index (χ4n) is 2.08. The molecule has 1 N–H and O–H groups in total. The number of hydrogen-bond acceptors (Lipinski definition) is 2. The highest BCUT2D eigenvalue weighted by molar-refractivity contribution is 6.30. The topological polar surface area (TPSA) is 32.3 Å². The number of hydrogen-bond donors (Lipinski definition) is 1. The number of carbonyl (C=O) groups excluding carboxylic acids is 1. The molecule has 0 bridgehead atoms. The van der Waals surface area contributed by atoms with Crippen LogP contribution in [0.15, 0.2) is 48.5 Å². The highest BCUT2D eigenvalue weighted by Gasteiger charge is 2.09. The van der Waals surface area contributed by atoms with Gasteiger partial charge in [-0.05, 0) is 36.2 Å². The van der Waals surface area contributed by atoms with Crippen LogP contribution in [-0.4, -0.2) is 24.4 Å². The number of benzene rings is 2. The van der Waals surface area contributed by atoms with Crippen molar-refractivity contribution in [3.8, 4) is 0 Å². The summed E-state index contributed by atoms with van der Waals surface area (Å²) in [6.45, 7) is 2.85. The molecule has 21 heavy (non-hydrogen) atoms. The Bertz CT molecular complexity index is 613. The molecule has 0 unspecified atom stereocenters. The summed E-state index contributed by atoms with van der Waals surface area (Å²) >= 11 is 5.92. The average Bonchev–Trinajstić information content (AvgIpc) is 2.47. The van der Waals surface area contributed by atoms with Crippen molar-refractivity contribution in [2.75, 3.05) is 18.9 Å². The Kier molecular flexibility index (Phi) is 5.23. The summed E-state index contributed by atoms with van der Waals surface area (Å²) in [6, 6.07) is 15.5. The lowest BCUT2D eigenvalue weighted by Gasteiger charge is -2.18. The largest absolute Gasteiger partial charge is 0.376 e. The molecule has 0 spiro atoms. The molecule has 2 aromatic rings. The number of aryl methyl sites for hydroxylation is 1. The summed E-state index contributed by atoms with van der Waals surface area (Å²) in [5.74, 6) is 0.0493. The van der Waals surface area contributed by atoms with Gasteiger partial charge in [-0.3, -0.25) is 4.79 Å². The minimum absolute atomic E-state index is 0.0493. The maximum atomic E-state index is 12.1. The molecule has 0 radical (unpaired) electrons. The van der Waals surface area contributed by atoms with Gasteiger partial charge in [0.25, 0.3) is 0 Å². The fourth-order valence-corrected chi connectivity index (χ4v) is 2.30. The number of nitrogens with zero attached hydrogens (tertiary/aromatic N) is 1. The lowest BCUT2D eigenvalue weighted by molar-refractivity contribution is -0.128. The van der Waals surface area contributed by atoms with Gasteiger partial charge in [0.05, 0.1) is 6.54 Å². The summed E-state index contributed by atoms with van der Waals surface area (Å²) in [4.78, 5) is 13.9. The normalized spacial score (nSPS) is 10.2. The summed E-state index contributed by atoms with van der Waals surface area (Å²) in [5.41, 5.74) is 3.08. The number of carbonyl (C=O) groups is 1. The third-order valence-electron chi connectivity index (χ3n) is 3.31. The fraction of sp³-hybridized carbons (Fsp3) is 0.235. The van der Waals surface area contributed by atoms with Crippen LogP contribution in [0.5, 0.6) is 0 Å². The predicted molar refractivity (Wildman–Crippen MR) is 87.6 cm³/mol. The van der Waals surface area contributed by atoms with Gasteiger partial charge in [-0.2, -0.15) is 0 Å². The van der Waals surface area contributed by atoms with E-state index in [2.05, 4.69) is 5.32 Å². The Hall–Kier alpha value is -2.00. The molecule has 0 heterocycles. The first-order chi connectivity index (χ1) is 10.1. The van der Waals surface area contributed by atoms with E-state index in [1.54, 1.807) is 4.90 Å². The molecule has 0 aliphatic rings. The van der Waals surface area contributed by atoms with Gasteiger partial charge in [0, 0.05) is 24.3 Å². The molecule has 0 saturated heterocycles. The minimum atomic E-state index is 0.0493. The molecule has 3 nitrogen and oxygen atoms in total. The van der Waals surface area contributed by atoms with Gasteiger partial charge in [-0.1, -0.05) is 41.9 Å². The molecule has 2 aromatic carbocycles. The van der Waals surface area contributed by atoms with Crippen molar-refractivity contribution in [1.82, 2.24) is 4.90 Å². The third kappa shape index (κ3) is 4.50. The second-order valence-electron chi connectivity index (χ2n) is 5.05. The summed E-state index contributed by atoms with van der Waals surface area (Å²) in [7, 11) is 1.81. The summed E-state index contributed by atoms with van der Waals surface area (Å²) in [5, 5.41) is 3.86. The molecule has 0 fully saturated rings. The molecule has 0 aliphatic carbocycles. The first-order valence-corrected chi connectivity index (χ1v) is 7.22. The highest BCUT2D eigenvalue weighted by Crippen LogP contribution is 2.19. The number of rotatable bonds is 5. The summed E-state index contributed by atoms with van der Waals surface area (Å²) < 4.78 is 0. The van der Waals surface area contributed by atoms with E-state index in [1.165, 1.54) is 0 Å². The van der Waals surface area contributed by atoms with Crippen LogP contribution < -0.4 is 5.32 Å². The monoisotopic (exact) mass is 302 g/mol. The van der Waals surface area contributed by atoms with Gasteiger partial charge in [-0.25, -0.2) is 0 Å². The van der Waals surface area contributed by atoms with Crippen LogP contribution in [0.4, 0.5) is 5.69 Å². The van der Waals surface area contributed by atoms with Crippen molar-refractivity contribution in [3.05, 3.63) is 64.7 Å². The predicted octanol–water partition coefficient (Wildman–Crippen LogP) is 3.72. The van der Waals surface area contributed by atoms with E-state index < -0.39 is 0 Å². The van der Waals surface area contributed by atoms with Crippen LogP contribution in [0.1, 0.15) is 11.1 Å². The molecule has 4 heteroatoms. The number of amides is 1. The van der Waals surface area contributed by atoms with Crippen molar-refractivity contribution in [2.45, 2.75) is 13.5 Å². The van der Waals surface area contributed by atoms with Gasteiger partial charge in [0.1, 0.15) is 0 Å². The Labute approximate surface area is 130 Å². The van der Waals surface area contributed by atoms with E-state index in [-0.39, 0.29) is 12.5 Å². The standard InChI is InChI=1S/C17H19ClN2O/c1-13-10-15(18)8-9-16(13)19-11-17(21)20(2)12-14-6-4-3-5-7-14/h3-10,19H,11-12H2,1-2H3. The van der Waals surface area contributed by atoms with Crippen molar-refractivity contribution in [2.24, 2.45) is 0 Å². The highest BCUT2D eigenvalue weighted by atomic mass is 35.5. The van der Waals surface area contributed by atoms with E-state index >= 15 is 0 Å². The zero-order valence-corrected chi connectivity index (χ0v) is 13.0. The van der Waals surface area contributed by atoms with Crippen molar-refractivity contribution >= 4 is 23.2 Å². The third-order valence-corrected chi connectivity index (χ3v) is 3.54. The molecular weight excluding hydrogens is 284 g/mol. The summed E-state index contributed by atoms with van der Waals surface area (Å²) in [6.07, 6.45) is 0. The number of halogens is 1. The van der Waals surface area contributed by atoms with Crippen LogP contribution in [-0.2, 0) is 11.3 Å². The average molecular weight is 303 g/mol. The van der Waals surface area contributed by atoms with Crippen LogP contribution in [0, 0.1) is 6.92 Å². The second kappa shape index (κ2) is 7.14. The van der Waals surface area contributed by atoms with Gasteiger partial charge in [-0.15, -0.1) is 0 Å². The van der Waals surface area contributed by atoms with Crippen LogP contribution in [0.25, 0.3) is 0 Å². The first-order valence-electron chi connectivity index (χ1n) is 6.84. The number of nitrogens with one attached hydrogen (secondary N) is 1. The lowest BCUT2D eigenvalue weighted by atomic mass is 10.2. The van der Waals surface area contributed by atoms with Crippen LogP contribution in [0.2, 0.25) is 5.02 Å². The van der Waals surface area contributed by atoms with Gasteiger partial charge in [0.15, 0.2) is 0 Å². The van der Waals surface area contributed by atoms with E-state index in [0.29, 0.717) is 11.6 Å². The maximum absolute atomic E-state index is 12.1. The molecular formula is C17H19ClN2O. The molecule has 0 aliphatic heterocycles. The lowest BCUT2D eigenvalue weighted by Crippen LogP contribution is -2.31. The van der Waals surface area contributed by atoms with Gasteiger partial charge < -0.3 is 10.2 Å². The molecule has 0 atom stereocenters. The Morgan fingerprint density at radius 1 is 1.19 bits per heavy atom. The SMILES string of the molecule is Cc1cc(Cl)ccc1NCC(=O)N(C)Cc1ccccc1. The number of anilines is 1. The first kappa shape index (κ1) is 15.4. The Balaban J connectivity index is 1.89. The van der Waals surface area contributed by atoms with Gasteiger partial charge >= 0.3 is 0 Å². The molecule has 0 saturated carbocycles. The number of likely N-dealkylation sites (N-methyl/N-ethyl adjacent to an activating group) is 1. The second-order valence-corrected chi connectivity index (χ2v) is 5.48. The van der Waals surface area contributed by atoms with E-state index in [1.807, 2.05) is 62.5 Å². The van der Waals surface area contributed by atoms with E-state index in [0.717, 1.165) is 16.8 Å². The Morgan fingerprint density at radius 2 is 1.90 bits per heavy atom. The van der Waals surface area contributed by atoms with Gasteiger partial charge in [0.2, 0.25) is 5.91 Å². The molecule has 1 amide bonds. The van der Waals surface area contributed by atoms with Crippen molar-refractivity contribution in [1.29, 1.82) is 0 Å². The maximum Gasteiger partial charge on any atom is 0.241 e. The zero-order valence-electron chi connectivity index (χ0n) is 12.3. The molecule has 110 valence electrons. The van der Waals surface area contributed by atoms with E-state index in [4.69, 9.17) is 11.6 Å². The zero-order chi connectivity index (χ0) is 15.2.